The van der Waals surface area contributed by atoms with Gasteiger partial charge in [0.25, 0.3) is 0 Å². The summed E-state index contributed by atoms with van der Waals surface area (Å²) in [4.78, 5) is 72.3. The number of carbonyl (C=O) groups is 6. The van der Waals surface area contributed by atoms with Crippen LogP contribution in [0.3, 0.4) is 0 Å². The molecule has 10 atom stereocenters. The molecule has 0 radical (unpaired) electrons. The van der Waals surface area contributed by atoms with E-state index >= 15 is 0 Å². The molecule has 71 heavy (non-hydrogen) atoms. The molecule has 0 saturated carbocycles. The highest BCUT2D eigenvalue weighted by Gasteiger charge is 2.52. The zero-order valence-corrected chi connectivity index (χ0v) is 42.2. The Balaban J connectivity index is 1.07. The van der Waals surface area contributed by atoms with Crippen molar-refractivity contribution in [3.05, 3.63) is 128 Å². The molecule has 0 unspecified atom stereocenters. The van der Waals surface area contributed by atoms with Crippen molar-refractivity contribution in [2.24, 2.45) is 11.8 Å². The minimum atomic E-state index is -1.32. The van der Waals surface area contributed by atoms with Gasteiger partial charge in [0.15, 0.2) is 18.3 Å². The third-order valence-electron chi connectivity index (χ3n) is 12.1. The fourth-order valence-electron chi connectivity index (χ4n) is 8.72. The van der Waals surface area contributed by atoms with E-state index in [0.717, 1.165) is 29.2 Å². The van der Waals surface area contributed by atoms with Crippen LogP contribution in [0.25, 0.3) is 0 Å². The largest absolute Gasteiger partial charge is 0.463 e. The van der Waals surface area contributed by atoms with E-state index in [1.807, 2.05) is 68.4 Å². The molecule has 0 bridgehead atoms. The highest BCUT2D eigenvalue weighted by atomic mass is 35.5. The van der Waals surface area contributed by atoms with E-state index < -0.39 is 78.5 Å². The molecule has 2 heterocycles. The summed E-state index contributed by atoms with van der Waals surface area (Å²) in [6, 6.07) is 25.9. The van der Waals surface area contributed by atoms with Crippen molar-refractivity contribution in [3.8, 4) is 11.5 Å². The Kier molecular flexibility index (Phi) is 18.9. The van der Waals surface area contributed by atoms with Crippen LogP contribution >= 0.6 is 23.2 Å². The van der Waals surface area contributed by atoms with Gasteiger partial charge in [0.2, 0.25) is 6.79 Å². The summed E-state index contributed by atoms with van der Waals surface area (Å²) in [5.41, 5.74) is 4.87. The third-order valence-corrected chi connectivity index (χ3v) is 12.9. The molecule has 0 N–H and O–H groups in total. The van der Waals surface area contributed by atoms with Crippen LogP contribution < -0.4 is 9.47 Å². The van der Waals surface area contributed by atoms with Crippen LogP contribution in [-0.4, -0.2) is 92.4 Å². The zero-order chi connectivity index (χ0) is 51.5. The lowest BCUT2D eigenvalue weighted by molar-refractivity contribution is -0.254. The third kappa shape index (κ3) is 14.9. The van der Waals surface area contributed by atoms with Crippen LogP contribution in [0.15, 0.2) is 84.9 Å². The van der Waals surface area contributed by atoms with Crippen molar-refractivity contribution in [2.45, 2.75) is 117 Å². The second kappa shape index (κ2) is 24.8. The summed E-state index contributed by atoms with van der Waals surface area (Å²) in [5.74, 6) is -2.63. The Morgan fingerprint density at radius 1 is 0.465 bits per heavy atom. The molecule has 2 saturated heterocycles. The highest BCUT2D eigenvalue weighted by Crippen LogP contribution is 2.43. The van der Waals surface area contributed by atoms with Crippen LogP contribution in [-0.2, 0) is 79.5 Å². The maximum absolute atomic E-state index is 12.4. The summed E-state index contributed by atoms with van der Waals surface area (Å²) >= 11 is 13.4. The molecule has 0 spiro atoms. The van der Waals surface area contributed by atoms with Crippen LogP contribution in [0.1, 0.15) is 101 Å². The van der Waals surface area contributed by atoms with E-state index in [1.165, 1.54) is 34.6 Å². The Hall–Kier alpha value is -6.20. The van der Waals surface area contributed by atoms with E-state index in [4.69, 9.17) is 70.6 Å². The van der Waals surface area contributed by atoms with Crippen LogP contribution in [0.4, 0.5) is 0 Å². The molecular weight excluding hydrogens is 963 g/mol. The predicted molar refractivity (Wildman–Crippen MR) is 257 cm³/mol. The smallest absolute Gasteiger partial charge is 0.303 e. The molecule has 18 heteroatoms. The first-order chi connectivity index (χ1) is 33.8. The maximum atomic E-state index is 12.4. The molecular formula is C53H58Cl2O16. The van der Waals surface area contributed by atoms with E-state index in [1.54, 1.807) is 30.3 Å². The second-order valence-electron chi connectivity index (χ2n) is 17.6. The number of rotatable bonds is 18. The van der Waals surface area contributed by atoms with Crippen molar-refractivity contribution in [1.29, 1.82) is 0 Å². The van der Waals surface area contributed by atoms with E-state index in [0.29, 0.717) is 45.5 Å². The lowest BCUT2D eigenvalue weighted by Crippen LogP contribution is -2.59. The standard InChI is InChI=1S/C53H58Cl2O16/c1-28-29(2)49(66-32(5)58)46(25-62-30(3)56)70-48(28)38-13-19-44(54)40(23-38)21-36-9-15-42(16-10-36)64-27-65-43-17-11-37(12-18-43)22-41-24-39(14-20-45(41)55)50-52(68-34(7)60)53(69-35(8)61)51(67-33(6)59)47(71-50)26-63-31(4)57/h9-20,23-24,28-29,46-53H,21-22,25-27H2,1-8H3/t28-,29-,46-,47-,48-,49+,50+,51-,52+,53+/m1/s1. The molecule has 0 aromatic heterocycles. The molecule has 4 aromatic rings. The highest BCUT2D eigenvalue weighted by molar-refractivity contribution is 6.31. The summed E-state index contributed by atoms with van der Waals surface area (Å²) in [6.07, 6.45) is -6.70. The van der Waals surface area contributed by atoms with Gasteiger partial charge in [-0.1, -0.05) is 85.6 Å². The number of benzene rings is 4. The Morgan fingerprint density at radius 3 is 1.31 bits per heavy atom. The van der Waals surface area contributed by atoms with Gasteiger partial charge in [-0.05, 0) is 88.5 Å². The van der Waals surface area contributed by atoms with Gasteiger partial charge >= 0.3 is 35.8 Å². The summed E-state index contributed by atoms with van der Waals surface area (Å²) < 4.78 is 57.6. The summed E-state index contributed by atoms with van der Waals surface area (Å²) in [7, 11) is 0. The Morgan fingerprint density at radius 2 is 0.859 bits per heavy atom. The molecule has 2 fully saturated rings. The summed E-state index contributed by atoms with van der Waals surface area (Å²) in [6.45, 7) is 11.0. The minimum absolute atomic E-state index is 0.0377. The van der Waals surface area contributed by atoms with E-state index in [9.17, 15) is 28.8 Å². The molecule has 6 rings (SSSR count). The van der Waals surface area contributed by atoms with Crippen molar-refractivity contribution in [2.75, 3.05) is 20.0 Å². The molecule has 0 amide bonds. The number of ether oxygens (including phenoxy) is 10. The molecule has 16 nitrogen and oxygen atoms in total. The Bertz CT molecular complexity index is 2530. The molecule has 2 aliphatic heterocycles. The first-order valence-electron chi connectivity index (χ1n) is 23.0. The first-order valence-corrected chi connectivity index (χ1v) is 23.8. The van der Waals surface area contributed by atoms with Gasteiger partial charge < -0.3 is 47.4 Å². The van der Waals surface area contributed by atoms with E-state index in [2.05, 4.69) is 0 Å². The van der Waals surface area contributed by atoms with Gasteiger partial charge in [-0.2, -0.15) is 0 Å². The molecule has 4 aromatic carbocycles. The first kappa shape index (κ1) is 54.1. The second-order valence-corrected chi connectivity index (χ2v) is 18.4. The van der Waals surface area contributed by atoms with Crippen molar-refractivity contribution in [3.63, 3.8) is 0 Å². The normalized spacial score (nSPS) is 23.9. The maximum Gasteiger partial charge on any atom is 0.303 e. The molecule has 2 aliphatic rings. The fraction of sp³-hybridized carbons (Fsp3) is 0.434. The number of hydrogen-bond acceptors (Lipinski definition) is 16. The van der Waals surface area contributed by atoms with Gasteiger partial charge in [0.05, 0.1) is 6.10 Å². The van der Waals surface area contributed by atoms with Crippen LogP contribution in [0, 0.1) is 11.8 Å². The quantitative estimate of drug-likeness (QED) is 0.0522. The number of carbonyl (C=O) groups excluding carboxylic acids is 6. The lowest BCUT2D eigenvalue weighted by atomic mass is 9.78. The van der Waals surface area contributed by atoms with Crippen LogP contribution in [0.2, 0.25) is 10.0 Å². The number of halogens is 2. The molecule has 380 valence electrons. The van der Waals surface area contributed by atoms with Crippen LogP contribution in [0.5, 0.6) is 11.5 Å². The fourth-order valence-corrected chi connectivity index (χ4v) is 9.09. The number of esters is 6. The molecule has 0 aliphatic carbocycles. The van der Waals surface area contributed by atoms with Crippen molar-refractivity contribution < 1.29 is 76.1 Å². The lowest BCUT2D eigenvalue weighted by Gasteiger charge is -2.44. The monoisotopic (exact) mass is 1020 g/mol. The van der Waals surface area contributed by atoms with Gasteiger partial charge in [-0.15, -0.1) is 0 Å². The van der Waals surface area contributed by atoms with Crippen molar-refractivity contribution in [1.82, 2.24) is 0 Å². The average Bonchev–Trinajstić information content (AvgIpc) is 3.30. The Labute approximate surface area is 422 Å². The average molecular weight is 1020 g/mol. The number of hydrogen-bond donors (Lipinski definition) is 0. The summed E-state index contributed by atoms with van der Waals surface area (Å²) in [5, 5.41) is 1.04. The van der Waals surface area contributed by atoms with E-state index in [-0.39, 0.29) is 37.9 Å². The SMILES string of the molecule is CC(=O)OC[C@H]1O[C@@H](c2ccc(Cl)c(Cc3ccc(OCOc4ccc(Cc5cc([C@@H]6O[C@H](COC(C)=O)[C@@H](OC(C)=O)[C@H](OC(C)=O)[C@H]6OC(C)=O)ccc5Cl)cc4)cc3)c2)[C@H](C)[C@@H](C)[C@@H]1OC(C)=O. The van der Waals surface area contributed by atoms with Crippen molar-refractivity contribution >= 4 is 59.0 Å². The topological polar surface area (TPSA) is 195 Å². The predicted octanol–water partition coefficient (Wildman–Crippen LogP) is 8.60. The van der Waals surface area contributed by atoms with Gasteiger partial charge in [0.1, 0.15) is 49.1 Å². The van der Waals surface area contributed by atoms with Gasteiger partial charge in [0, 0.05) is 57.5 Å². The zero-order valence-electron chi connectivity index (χ0n) is 40.7. The van der Waals surface area contributed by atoms with Gasteiger partial charge in [-0.25, -0.2) is 0 Å². The van der Waals surface area contributed by atoms with Gasteiger partial charge in [-0.3, -0.25) is 28.8 Å². The minimum Gasteiger partial charge on any atom is -0.463 e.